The van der Waals surface area contributed by atoms with Crippen LogP contribution in [0.3, 0.4) is 0 Å². The molecule has 3 N–H and O–H groups in total. The largest absolute Gasteiger partial charge is 0.389 e. The standard InChI is InChI=1S/C14H20N2S/c1-13(2)12(14(13,3)4)16-10-7-5-9(6-8-10)11(15)17/h5-8,12,16H,1-4H3,(H2,15,17). The lowest BCUT2D eigenvalue weighted by Gasteiger charge is -2.09. The van der Waals surface area contributed by atoms with Crippen molar-refractivity contribution in [3.8, 4) is 0 Å². The van der Waals surface area contributed by atoms with Crippen LogP contribution in [0.1, 0.15) is 33.3 Å². The molecule has 0 spiro atoms. The molecular weight excluding hydrogens is 228 g/mol. The second-order valence-electron chi connectivity index (χ2n) is 5.96. The molecule has 0 heterocycles. The van der Waals surface area contributed by atoms with E-state index >= 15 is 0 Å². The Morgan fingerprint density at radius 3 is 1.94 bits per heavy atom. The second kappa shape index (κ2) is 3.70. The molecule has 0 saturated heterocycles. The van der Waals surface area contributed by atoms with Gasteiger partial charge >= 0.3 is 0 Å². The summed E-state index contributed by atoms with van der Waals surface area (Å²) in [5.74, 6) is 0. The van der Waals surface area contributed by atoms with Crippen molar-refractivity contribution in [1.82, 2.24) is 0 Å². The number of anilines is 1. The summed E-state index contributed by atoms with van der Waals surface area (Å²) in [6.45, 7) is 9.20. The van der Waals surface area contributed by atoms with Gasteiger partial charge in [-0.1, -0.05) is 39.9 Å². The quantitative estimate of drug-likeness (QED) is 0.807. The summed E-state index contributed by atoms with van der Waals surface area (Å²) in [5, 5.41) is 3.58. The van der Waals surface area contributed by atoms with Crippen LogP contribution in [0.4, 0.5) is 5.69 Å². The van der Waals surface area contributed by atoms with E-state index in [1.807, 2.05) is 24.3 Å². The Hall–Kier alpha value is -1.09. The molecule has 2 rings (SSSR count). The van der Waals surface area contributed by atoms with E-state index in [-0.39, 0.29) is 0 Å². The lowest BCUT2D eigenvalue weighted by Crippen LogP contribution is -2.11. The van der Waals surface area contributed by atoms with Gasteiger partial charge in [-0.25, -0.2) is 0 Å². The van der Waals surface area contributed by atoms with Crippen LogP contribution in [0.15, 0.2) is 24.3 Å². The van der Waals surface area contributed by atoms with Crippen molar-refractivity contribution in [1.29, 1.82) is 0 Å². The molecule has 1 aliphatic carbocycles. The molecule has 0 atom stereocenters. The third kappa shape index (κ3) is 1.93. The van der Waals surface area contributed by atoms with E-state index in [4.69, 9.17) is 18.0 Å². The monoisotopic (exact) mass is 248 g/mol. The lowest BCUT2D eigenvalue weighted by atomic mass is 10.0. The second-order valence-corrected chi connectivity index (χ2v) is 6.40. The van der Waals surface area contributed by atoms with Crippen molar-refractivity contribution in [2.75, 3.05) is 5.32 Å². The van der Waals surface area contributed by atoms with E-state index in [2.05, 4.69) is 33.0 Å². The van der Waals surface area contributed by atoms with Crippen molar-refractivity contribution < 1.29 is 0 Å². The molecule has 1 aliphatic rings. The average Bonchev–Trinajstić information content (AvgIpc) is 2.62. The predicted molar refractivity (Wildman–Crippen MR) is 77.3 cm³/mol. The molecule has 0 aromatic heterocycles. The van der Waals surface area contributed by atoms with Crippen molar-refractivity contribution in [3.63, 3.8) is 0 Å². The van der Waals surface area contributed by atoms with Crippen LogP contribution in [0.2, 0.25) is 0 Å². The fourth-order valence-electron chi connectivity index (χ4n) is 2.45. The summed E-state index contributed by atoms with van der Waals surface area (Å²) in [6.07, 6.45) is 0. The molecule has 0 aliphatic heterocycles. The van der Waals surface area contributed by atoms with Gasteiger partial charge in [-0.15, -0.1) is 0 Å². The van der Waals surface area contributed by atoms with Crippen LogP contribution < -0.4 is 11.1 Å². The normalized spacial score (nSPS) is 20.9. The van der Waals surface area contributed by atoms with Gasteiger partial charge in [-0.3, -0.25) is 0 Å². The molecule has 1 saturated carbocycles. The third-order valence-corrected chi connectivity index (χ3v) is 4.74. The van der Waals surface area contributed by atoms with Gasteiger partial charge in [0.25, 0.3) is 0 Å². The minimum absolute atomic E-state index is 0.342. The highest BCUT2D eigenvalue weighted by Crippen LogP contribution is 2.63. The smallest absolute Gasteiger partial charge is 0.103 e. The molecule has 92 valence electrons. The summed E-state index contributed by atoms with van der Waals surface area (Å²) >= 11 is 4.94. The van der Waals surface area contributed by atoms with Crippen LogP contribution in [0.25, 0.3) is 0 Å². The van der Waals surface area contributed by atoms with E-state index in [0.717, 1.165) is 11.3 Å². The lowest BCUT2D eigenvalue weighted by molar-refractivity contribution is 0.457. The molecule has 3 heteroatoms. The van der Waals surface area contributed by atoms with Crippen LogP contribution in [0.5, 0.6) is 0 Å². The first kappa shape index (κ1) is 12.4. The van der Waals surface area contributed by atoms with Crippen LogP contribution >= 0.6 is 12.2 Å². The molecule has 2 nitrogen and oxygen atoms in total. The van der Waals surface area contributed by atoms with Crippen LogP contribution in [-0.2, 0) is 0 Å². The SMILES string of the molecule is CC1(C)C(Nc2ccc(C(N)=S)cc2)C1(C)C. The van der Waals surface area contributed by atoms with E-state index in [1.54, 1.807) is 0 Å². The van der Waals surface area contributed by atoms with Gasteiger partial charge in [-0.2, -0.15) is 0 Å². The number of rotatable bonds is 3. The highest BCUT2D eigenvalue weighted by atomic mass is 32.1. The number of benzene rings is 1. The Morgan fingerprint density at radius 1 is 1.12 bits per heavy atom. The Balaban J connectivity index is 2.09. The number of hydrogen-bond acceptors (Lipinski definition) is 2. The summed E-state index contributed by atoms with van der Waals surface area (Å²) < 4.78 is 0. The molecule has 1 fully saturated rings. The van der Waals surface area contributed by atoms with Gasteiger partial charge in [0.2, 0.25) is 0 Å². The van der Waals surface area contributed by atoms with Gasteiger partial charge < -0.3 is 11.1 Å². The Labute approximate surface area is 109 Å². The number of nitrogens with two attached hydrogens (primary N) is 1. The molecule has 17 heavy (non-hydrogen) atoms. The van der Waals surface area contributed by atoms with E-state index in [1.165, 1.54) is 0 Å². The van der Waals surface area contributed by atoms with Crippen LogP contribution in [0, 0.1) is 10.8 Å². The van der Waals surface area contributed by atoms with Gasteiger partial charge in [0.15, 0.2) is 0 Å². The average molecular weight is 248 g/mol. The molecule has 1 aromatic carbocycles. The van der Waals surface area contributed by atoms with Crippen LogP contribution in [-0.4, -0.2) is 11.0 Å². The molecule has 1 aromatic rings. The predicted octanol–water partition coefficient (Wildman–Crippen LogP) is 3.17. The topological polar surface area (TPSA) is 38.0 Å². The maximum Gasteiger partial charge on any atom is 0.103 e. The molecule has 0 bridgehead atoms. The van der Waals surface area contributed by atoms with E-state index in [9.17, 15) is 0 Å². The number of thiocarbonyl (C=S) groups is 1. The van der Waals surface area contributed by atoms with Crippen molar-refractivity contribution in [2.45, 2.75) is 33.7 Å². The van der Waals surface area contributed by atoms with E-state index in [0.29, 0.717) is 21.9 Å². The Kier molecular flexibility index (Phi) is 2.69. The maximum absolute atomic E-state index is 5.57. The fraction of sp³-hybridized carbons (Fsp3) is 0.500. The zero-order valence-corrected chi connectivity index (χ0v) is 11.7. The molecule has 0 amide bonds. The summed E-state index contributed by atoms with van der Waals surface area (Å²) in [7, 11) is 0. The van der Waals surface area contributed by atoms with Gasteiger partial charge in [0, 0.05) is 17.3 Å². The number of nitrogens with one attached hydrogen (secondary N) is 1. The zero-order chi connectivity index (χ0) is 12.8. The summed E-state index contributed by atoms with van der Waals surface area (Å²) in [5.41, 5.74) is 8.31. The van der Waals surface area contributed by atoms with Gasteiger partial charge in [-0.05, 0) is 35.1 Å². The fourth-order valence-corrected chi connectivity index (χ4v) is 2.59. The maximum atomic E-state index is 5.57. The third-order valence-electron chi connectivity index (χ3n) is 4.50. The molecule has 0 unspecified atom stereocenters. The highest BCUT2D eigenvalue weighted by molar-refractivity contribution is 7.80. The first-order valence-corrected chi connectivity index (χ1v) is 6.34. The minimum Gasteiger partial charge on any atom is -0.389 e. The zero-order valence-electron chi connectivity index (χ0n) is 10.9. The van der Waals surface area contributed by atoms with Gasteiger partial charge in [0.1, 0.15) is 4.99 Å². The molecule has 0 radical (unpaired) electrons. The summed E-state index contributed by atoms with van der Waals surface area (Å²) in [6, 6.07) is 8.53. The summed E-state index contributed by atoms with van der Waals surface area (Å²) in [4.78, 5) is 0.448. The first-order valence-electron chi connectivity index (χ1n) is 5.93. The number of hydrogen-bond donors (Lipinski definition) is 2. The van der Waals surface area contributed by atoms with Crippen molar-refractivity contribution >= 4 is 22.9 Å². The highest BCUT2D eigenvalue weighted by Gasteiger charge is 2.64. The minimum atomic E-state index is 0.342. The first-order chi connectivity index (χ1) is 7.76. The van der Waals surface area contributed by atoms with Crippen molar-refractivity contribution in [3.05, 3.63) is 29.8 Å². The van der Waals surface area contributed by atoms with E-state index < -0.39 is 0 Å². The Bertz CT molecular complexity index is 432. The van der Waals surface area contributed by atoms with Gasteiger partial charge in [0.05, 0.1) is 0 Å². The Morgan fingerprint density at radius 2 is 1.59 bits per heavy atom. The molecular formula is C14H20N2S. The van der Waals surface area contributed by atoms with Crippen molar-refractivity contribution in [2.24, 2.45) is 16.6 Å².